The van der Waals surface area contributed by atoms with Gasteiger partial charge in [-0.1, -0.05) is 42.5 Å². The van der Waals surface area contributed by atoms with Gasteiger partial charge < -0.3 is 5.32 Å². The first kappa shape index (κ1) is 17.4. The summed E-state index contributed by atoms with van der Waals surface area (Å²) >= 11 is 0. The Morgan fingerprint density at radius 1 is 0.960 bits per heavy atom. The summed E-state index contributed by atoms with van der Waals surface area (Å²) < 4.78 is 0. The van der Waals surface area contributed by atoms with E-state index in [9.17, 15) is 0 Å². The van der Waals surface area contributed by atoms with Crippen LogP contribution in [-0.2, 0) is 0 Å². The quantitative estimate of drug-likeness (QED) is 0.908. The highest BCUT2D eigenvalue weighted by atomic mass is 15.4. The molecule has 1 heterocycles. The van der Waals surface area contributed by atoms with Crippen molar-refractivity contribution in [2.75, 3.05) is 14.1 Å². The van der Waals surface area contributed by atoms with Crippen molar-refractivity contribution in [3.8, 4) is 0 Å². The van der Waals surface area contributed by atoms with E-state index < -0.39 is 0 Å². The minimum atomic E-state index is -0.0373. The zero-order chi connectivity index (χ0) is 18.1. The van der Waals surface area contributed by atoms with Gasteiger partial charge in [0.2, 0.25) is 0 Å². The SMILES string of the molecule is C/C(=C1/NC(N(C)C)N=C1c1ccccc1C)c1cccc(C)c1C. The fourth-order valence-electron chi connectivity index (χ4n) is 3.28. The van der Waals surface area contributed by atoms with E-state index in [1.54, 1.807) is 0 Å². The van der Waals surface area contributed by atoms with Crippen LogP contribution in [0.1, 0.15) is 34.7 Å². The van der Waals surface area contributed by atoms with Crippen LogP contribution in [0.3, 0.4) is 0 Å². The summed E-state index contributed by atoms with van der Waals surface area (Å²) in [5.74, 6) is 0. The largest absolute Gasteiger partial charge is 0.349 e. The molecule has 2 aromatic carbocycles. The van der Waals surface area contributed by atoms with Crippen molar-refractivity contribution < 1.29 is 0 Å². The van der Waals surface area contributed by atoms with Crippen molar-refractivity contribution in [1.82, 2.24) is 10.2 Å². The molecule has 130 valence electrons. The molecule has 1 N–H and O–H groups in total. The molecule has 0 bridgehead atoms. The van der Waals surface area contributed by atoms with E-state index in [1.807, 2.05) is 14.1 Å². The lowest BCUT2D eigenvalue weighted by Gasteiger charge is -2.19. The third kappa shape index (κ3) is 3.24. The molecule has 25 heavy (non-hydrogen) atoms. The number of nitrogens with one attached hydrogen (secondary N) is 1. The Bertz CT molecular complexity index is 859. The van der Waals surface area contributed by atoms with E-state index in [-0.39, 0.29) is 6.29 Å². The van der Waals surface area contributed by atoms with Crippen LogP contribution < -0.4 is 5.32 Å². The van der Waals surface area contributed by atoms with Crippen LogP contribution >= 0.6 is 0 Å². The van der Waals surface area contributed by atoms with Crippen LogP contribution in [0, 0.1) is 20.8 Å². The molecule has 2 aromatic rings. The predicted octanol–water partition coefficient (Wildman–Crippen LogP) is 4.28. The Hall–Kier alpha value is -2.39. The van der Waals surface area contributed by atoms with Gasteiger partial charge in [-0.05, 0) is 69.6 Å². The summed E-state index contributed by atoms with van der Waals surface area (Å²) in [4.78, 5) is 7.07. The standard InChI is InChI=1S/C22H27N3/c1-14-11-9-13-19(16(14)3)17(4)20-21(24-22(23-20)25(5)6)18-12-8-7-10-15(18)2/h7-13,22-23H,1-6H3/b20-17-. The molecule has 0 saturated carbocycles. The van der Waals surface area contributed by atoms with Crippen LogP contribution in [0.15, 0.2) is 53.2 Å². The minimum absolute atomic E-state index is 0.0373. The normalized spacial score (nSPS) is 19.0. The summed E-state index contributed by atoms with van der Waals surface area (Å²) in [5.41, 5.74) is 9.78. The number of aryl methyl sites for hydroxylation is 2. The van der Waals surface area contributed by atoms with Crippen molar-refractivity contribution in [3.63, 3.8) is 0 Å². The van der Waals surface area contributed by atoms with Crippen LogP contribution in [-0.4, -0.2) is 31.0 Å². The maximum absolute atomic E-state index is 4.97. The lowest BCUT2D eigenvalue weighted by Crippen LogP contribution is -2.35. The Morgan fingerprint density at radius 2 is 1.64 bits per heavy atom. The molecular weight excluding hydrogens is 306 g/mol. The van der Waals surface area contributed by atoms with Crippen molar-refractivity contribution >= 4 is 11.3 Å². The fraction of sp³-hybridized carbons (Fsp3) is 0.318. The molecule has 3 nitrogen and oxygen atoms in total. The monoisotopic (exact) mass is 333 g/mol. The maximum atomic E-state index is 4.97. The van der Waals surface area contributed by atoms with Crippen LogP contribution in [0.4, 0.5) is 0 Å². The zero-order valence-electron chi connectivity index (χ0n) is 16.0. The van der Waals surface area contributed by atoms with Crippen molar-refractivity contribution in [2.24, 2.45) is 4.99 Å². The van der Waals surface area contributed by atoms with E-state index >= 15 is 0 Å². The van der Waals surface area contributed by atoms with Gasteiger partial charge in [0.15, 0.2) is 6.29 Å². The highest BCUT2D eigenvalue weighted by Crippen LogP contribution is 2.29. The third-order valence-corrected chi connectivity index (χ3v) is 5.03. The topological polar surface area (TPSA) is 27.6 Å². The summed E-state index contributed by atoms with van der Waals surface area (Å²) in [6.45, 7) is 8.69. The molecule has 0 aromatic heterocycles. The summed E-state index contributed by atoms with van der Waals surface area (Å²) in [7, 11) is 4.10. The molecule has 0 fully saturated rings. The Kier molecular flexibility index (Phi) is 4.78. The summed E-state index contributed by atoms with van der Waals surface area (Å²) in [6, 6.07) is 15.0. The molecule has 1 atom stereocenters. The second-order valence-electron chi connectivity index (χ2n) is 7.02. The smallest absolute Gasteiger partial charge is 0.176 e. The van der Waals surface area contributed by atoms with Gasteiger partial charge in [-0.2, -0.15) is 0 Å². The van der Waals surface area contributed by atoms with Gasteiger partial charge in [0.25, 0.3) is 0 Å². The van der Waals surface area contributed by atoms with E-state index in [2.05, 4.69) is 80.4 Å². The molecule has 0 spiro atoms. The number of nitrogens with zero attached hydrogens (tertiary/aromatic N) is 2. The zero-order valence-corrected chi connectivity index (χ0v) is 16.0. The number of rotatable bonds is 3. The molecular formula is C22H27N3. The first-order valence-corrected chi connectivity index (χ1v) is 8.74. The van der Waals surface area contributed by atoms with E-state index in [0.29, 0.717) is 0 Å². The first-order chi connectivity index (χ1) is 11.9. The van der Waals surface area contributed by atoms with Crippen LogP contribution in [0.2, 0.25) is 0 Å². The molecule has 3 rings (SSSR count). The van der Waals surface area contributed by atoms with Gasteiger partial charge in [0, 0.05) is 5.56 Å². The second kappa shape index (κ2) is 6.85. The molecule has 0 radical (unpaired) electrons. The van der Waals surface area contributed by atoms with Crippen LogP contribution in [0.25, 0.3) is 5.57 Å². The summed E-state index contributed by atoms with van der Waals surface area (Å²) in [6.07, 6.45) is -0.0373. The highest BCUT2D eigenvalue weighted by Gasteiger charge is 2.27. The van der Waals surface area contributed by atoms with Crippen molar-refractivity contribution in [1.29, 1.82) is 0 Å². The van der Waals surface area contributed by atoms with Crippen molar-refractivity contribution in [3.05, 3.63) is 76.0 Å². The molecule has 1 unspecified atom stereocenters. The van der Waals surface area contributed by atoms with Crippen LogP contribution in [0.5, 0.6) is 0 Å². The number of benzene rings is 2. The maximum Gasteiger partial charge on any atom is 0.176 e. The molecule has 0 saturated heterocycles. The molecule has 3 heteroatoms. The molecule has 1 aliphatic heterocycles. The first-order valence-electron chi connectivity index (χ1n) is 8.74. The number of allylic oxidation sites excluding steroid dienone is 2. The molecule has 1 aliphatic rings. The average molecular weight is 333 g/mol. The van der Waals surface area contributed by atoms with Gasteiger partial charge in [0.1, 0.15) is 0 Å². The third-order valence-electron chi connectivity index (χ3n) is 5.03. The number of hydrogen-bond donors (Lipinski definition) is 1. The Morgan fingerprint density at radius 3 is 2.32 bits per heavy atom. The molecule has 0 aliphatic carbocycles. The van der Waals surface area contributed by atoms with Gasteiger partial charge in [-0.15, -0.1) is 0 Å². The minimum Gasteiger partial charge on any atom is -0.349 e. The Balaban J connectivity index is 2.18. The fourth-order valence-corrected chi connectivity index (χ4v) is 3.28. The van der Waals surface area contributed by atoms with Gasteiger partial charge in [-0.3, -0.25) is 4.90 Å². The highest BCUT2D eigenvalue weighted by molar-refractivity contribution is 6.18. The van der Waals surface area contributed by atoms with E-state index in [0.717, 1.165) is 11.4 Å². The number of hydrogen-bond acceptors (Lipinski definition) is 3. The summed E-state index contributed by atoms with van der Waals surface area (Å²) in [5, 5.41) is 3.61. The molecule has 0 amide bonds. The average Bonchev–Trinajstić information content (AvgIpc) is 3.02. The van der Waals surface area contributed by atoms with Gasteiger partial charge in [-0.25, -0.2) is 4.99 Å². The predicted molar refractivity (Wildman–Crippen MR) is 107 cm³/mol. The van der Waals surface area contributed by atoms with Crippen molar-refractivity contribution in [2.45, 2.75) is 34.0 Å². The van der Waals surface area contributed by atoms with E-state index in [1.165, 1.54) is 33.4 Å². The second-order valence-corrected chi connectivity index (χ2v) is 7.02. The van der Waals surface area contributed by atoms with Gasteiger partial charge in [0.05, 0.1) is 11.4 Å². The lowest BCUT2D eigenvalue weighted by atomic mass is 9.93. The van der Waals surface area contributed by atoms with E-state index in [4.69, 9.17) is 4.99 Å². The lowest BCUT2D eigenvalue weighted by molar-refractivity contribution is 0.284. The number of aliphatic imine (C=N–C) groups is 1. The van der Waals surface area contributed by atoms with Gasteiger partial charge >= 0.3 is 0 Å². The Labute approximate surface area is 151 Å².